The van der Waals surface area contributed by atoms with E-state index in [1.807, 2.05) is 6.92 Å². The van der Waals surface area contributed by atoms with E-state index >= 15 is 0 Å². The van der Waals surface area contributed by atoms with Crippen molar-refractivity contribution in [1.29, 1.82) is 5.26 Å². The summed E-state index contributed by atoms with van der Waals surface area (Å²) in [7, 11) is 2.17. The number of hydrogen-bond donors (Lipinski definition) is 0. The Morgan fingerprint density at radius 2 is 1.88 bits per heavy atom. The standard InChI is InChI=1S/C34H51N3O3.2ClH/c1-24-11-12-28-27(21-24)31-29(39-32(38)25(2)13-16-37-19-17-36(7)18-20-37)22-26(23-30(31)40-34(28,5)6)33(3,4)14-9-8-10-15-35;;/h11,22-23,25,27-28H,8-10,12-14,16-21H2,1-7H3;2*1H/t25?,27-,28-;;/m1../s1. The lowest BCUT2D eigenvalue weighted by Crippen LogP contribution is -2.45. The van der Waals surface area contributed by atoms with Gasteiger partial charge in [-0.15, -0.1) is 24.8 Å². The van der Waals surface area contributed by atoms with Crippen molar-refractivity contribution >= 4 is 30.8 Å². The zero-order chi connectivity index (χ0) is 29.1. The Bertz CT molecular complexity index is 1140. The second-order valence-electron chi connectivity index (χ2n) is 13.8. The van der Waals surface area contributed by atoms with Gasteiger partial charge in [0.15, 0.2) is 0 Å². The number of carbonyl (C=O) groups excluding carboxylic acids is 1. The number of nitrogens with zero attached hydrogens (tertiary/aromatic N) is 3. The first-order valence-corrected chi connectivity index (χ1v) is 15.4. The number of esters is 1. The molecule has 3 atom stereocenters. The van der Waals surface area contributed by atoms with Crippen LogP contribution in [0.4, 0.5) is 0 Å². The zero-order valence-corrected chi connectivity index (χ0v) is 28.5. The molecule has 2 heterocycles. The predicted octanol–water partition coefficient (Wildman–Crippen LogP) is 7.68. The van der Waals surface area contributed by atoms with Crippen molar-refractivity contribution in [2.24, 2.45) is 11.8 Å². The lowest BCUT2D eigenvalue weighted by atomic mass is 9.66. The van der Waals surface area contributed by atoms with E-state index in [9.17, 15) is 4.79 Å². The number of benzene rings is 1. The molecule has 8 heteroatoms. The van der Waals surface area contributed by atoms with Crippen LogP contribution in [0.25, 0.3) is 0 Å². The van der Waals surface area contributed by atoms with E-state index in [1.165, 1.54) is 5.57 Å². The maximum absolute atomic E-state index is 13.5. The van der Waals surface area contributed by atoms with E-state index in [-0.39, 0.29) is 53.6 Å². The van der Waals surface area contributed by atoms with Gasteiger partial charge in [-0.25, -0.2) is 0 Å². The summed E-state index contributed by atoms with van der Waals surface area (Å²) in [5.41, 5.74) is 3.16. The van der Waals surface area contributed by atoms with E-state index in [1.54, 1.807) is 0 Å². The van der Waals surface area contributed by atoms with E-state index in [0.717, 1.165) is 88.1 Å². The van der Waals surface area contributed by atoms with Crippen molar-refractivity contribution in [3.8, 4) is 17.6 Å². The van der Waals surface area contributed by atoms with Crippen LogP contribution < -0.4 is 9.47 Å². The number of nitriles is 1. The van der Waals surface area contributed by atoms with Crippen LogP contribution >= 0.6 is 24.8 Å². The van der Waals surface area contributed by atoms with Crippen molar-refractivity contribution in [3.63, 3.8) is 0 Å². The zero-order valence-electron chi connectivity index (χ0n) is 26.8. The minimum Gasteiger partial charge on any atom is -0.487 e. The highest BCUT2D eigenvalue weighted by atomic mass is 35.5. The monoisotopic (exact) mass is 621 g/mol. The molecule has 2 aliphatic heterocycles. The highest BCUT2D eigenvalue weighted by molar-refractivity contribution is 5.85. The van der Waals surface area contributed by atoms with Crippen LogP contribution in [0.2, 0.25) is 0 Å². The van der Waals surface area contributed by atoms with Gasteiger partial charge >= 0.3 is 5.97 Å². The number of fused-ring (bicyclic) bond motifs is 3. The second-order valence-corrected chi connectivity index (χ2v) is 13.8. The van der Waals surface area contributed by atoms with Gasteiger partial charge in [0.25, 0.3) is 0 Å². The molecular formula is C34H53Cl2N3O3. The third-order valence-corrected chi connectivity index (χ3v) is 9.70. The lowest BCUT2D eigenvalue weighted by molar-refractivity contribution is -0.138. The van der Waals surface area contributed by atoms with Crippen LogP contribution in [0.3, 0.4) is 0 Å². The highest BCUT2D eigenvalue weighted by Crippen LogP contribution is 2.55. The number of allylic oxidation sites excluding steroid dienone is 2. The number of rotatable bonds is 10. The van der Waals surface area contributed by atoms with Gasteiger partial charge in [-0.3, -0.25) is 4.79 Å². The molecule has 3 aliphatic rings. The molecule has 1 aromatic rings. The fraction of sp³-hybridized carbons (Fsp3) is 0.706. The van der Waals surface area contributed by atoms with Gasteiger partial charge in [-0.05, 0) is 89.6 Å². The molecule has 0 saturated carbocycles. The average molecular weight is 623 g/mol. The van der Waals surface area contributed by atoms with Crippen molar-refractivity contribution in [3.05, 3.63) is 34.9 Å². The summed E-state index contributed by atoms with van der Waals surface area (Å²) in [5.74, 6) is 1.83. The molecule has 0 N–H and O–H groups in total. The Balaban J connectivity index is 0.00000308. The SMILES string of the molecule is CC1=CC[C@@H]2[C@@H](C1)c1c(OC(=O)C(C)CCN3CCN(C)CC3)cc(C(C)(C)CCCCC#N)cc1OC2(C)C.Cl.Cl. The summed E-state index contributed by atoms with van der Waals surface area (Å²) in [5, 5.41) is 8.97. The molecule has 0 spiro atoms. The Morgan fingerprint density at radius 3 is 2.55 bits per heavy atom. The molecule has 1 saturated heterocycles. The number of ether oxygens (including phenoxy) is 2. The predicted molar refractivity (Wildman–Crippen MR) is 175 cm³/mol. The highest BCUT2D eigenvalue weighted by Gasteiger charge is 2.46. The van der Waals surface area contributed by atoms with Crippen LogP contribution in [0.15, 0.2) is 23.8 Å². The summed E-state index contributed by atoms with van der Waals surface area (Å²) in [6.45, 7) is 18.3. The Labute approximate surface area is 267 Å². The first-order valence-electron chi connectivity index (χ1n) is 15.4. The van der Waals surface area contributed by atoms with Crippen molar-refractivity contribution < 1.29 is 14.3 Å². The second kappa shape index (κ2) is 15.3. The van der Waals surface area contributed by atoms with Crippen LogP contribution in [-0.4, -0.2) is 61.1 Å². The Kier molecular flexibility index (Phi) is 13.3. The maximum atomic E-state index is 13.5. The molecule has 236 valence electrons. The number of carbonyl (C=O) groups is 1. The molecule has 0 amide bonds. The lowest BCUT2D eigenvalue weighted by Gasteiger charge is -2.47. The fourth-order valence-electron chi connectivity index (χ4n) is 6.71. The van der Waals surface area contributed by atoms with Gasteiger partial charge in [0.1, 0.15) is 17.1 Å². The van der Waals surface area contributed by atoms with Crippen LogP contribution in [0, 0.1) is 23.2 Å². The molecule has 1 aromatic carbocycles. The summed E-state index contributed by atoms with van der Waals surface area (Å²) < 4.78 is 13.1. The van der Waals surface area contributed by atoms with Crippen LogP contribution in [0.5, 0.6) is 11.5 Å². The largest absolute Gasteiger partial charge is 0.487 e. The molecule has 0 radical (unpaired) electrons. The third-order valence-electron chi connectivity index (χ3n) is 9.70. The maximum Gasteiger partial charge on any atom is 0.314 e. The van der Waals surface area contributed by atoms with Gasteiger partial charge in [0, 0.05) is 50.0 Å². The normalized spacial score (nSPS) is 22.6. The molecule has 4 rings (SSSR count). The van der Waals surface area contributed by atoms with Gasteiger partial charge in [0.2, 0.25) is 0 Å². The quantitative estimate of drug-likeness (QED) is 0.115. The van der Waals surface area contributed by atoms with Crippen LogP contribution in [0.1, 0.15) is 104 Å². The molecule has 0 bridgehead atoms. The van der Waals surface area contributed by atoms with Gasteiger partial charge < -0.3 is 19.3 Å². The smallest absolute Gasteiger partial charge is 0.314 e. The molecule has 1 aliphatic carbocycles. The summed E-state index contributed by atoms with van der Waals surface area (Å²) in [6.07, 6.45) is 8.51. The molecule has 42 heavy (non-hydrogen) atoms. The summed E-state index contributed by atoms with van der Waals surface area (Å²) in [4.78, 5) is 18.4. The summed E-state index contributed by atoms with van der Waals surface area (Å²) in [6, 6.07) is 6.59. The molecule has 0 aromatic heterocycles. The number of hydrogen-bond acceptors (Lipinski definition) is 6. The van der Waals surface area contributed by atoms with E-state index < -0.39 is 0 Å². The molecule has 1 unspecified atom stereocenters. The van der Waals surface area contributed by atoms with Crippen molar-refractivity contribution in [2.75, 3.05) is 39.8 Å². The van der Waals surface area contributed by atoms with E-state index in [0.29, 0.717) is 18.1 Å². The van der Waals surface area contributed by atoms with Crippen LogP contribution in [-0.2, 0) is 10.2 Å². The van der Waals surface area contributed by atoms with Gasteiger partial charge in [-0.1, -0.05) is 38.8 Å². The van der Waals surface area contributed by atoms with E-state index in [2.05, 4.69) is 75.7 Å². The third kappa shape index (κ3) is 8.65. The van der Waals surface area contributed by atoms with E-state index in [4.69, 9.17) is 14.7 Å². The first-order chi connectivity index (χ1) is 18.9. The van der Waals surface area contributed by atoms with Gasteiger partial charge in [0.05, 0.1) is 12.0 Å². The minimum absolute atomic E-state index is 0. The average Bonchev–Trinajstić information content (AvgIpc) is 2.89. The number of unbranched alkanes of at least 4 members (excludes halogenated alkanes) is 2. The molecule has 1 fully saturated rings. The number of halogens is 2. The summed E-state index contributed by atoms with van der Waals surface area (Å²) >= 11 is 0. The number of piperazine rings is 1. The molecular weight excluding hydrogens is 569 g/mol. The van der Waals surface area contributed by atoms with Crippen molar-refractivity contribution in [1.82, 2.24) is 9.80 Å². The topological polar surface area (TPSA) is 65.8 Å². The Hall–Kier alpha value is -1.78. The van der Waals surface area contributed by atoms with Crippen molar-refractivity contribution in [2.45, 2.75) is 103 Å². The fourth-order valence-corrected chi connectivity index (χ4v) is 6.71. The Morgan fingerprint density at radius 1 is 1.19 bits per heavy atom. The van der Waals surface area contributed by atoms with Gasteiger partial charge in [-0.2, -0.15) is 5.26 Å². The molecule has 6 nitrogen and oxygen atoms in total. The number of likely N-dealkylation sites (N-methyl/N-ethyl adjacent to an activating group) is 1. The first kappa shape index (κ1) is 36.4. The minimum atomic E-state index is -0.304.